The molecule has 0 aliphatic carbocycles. The number of rotatable bonds is 3. The second-order valence-electron chi connectivity index (χ2n) is 2.67. The Labute approximate surface area is 81.6 Å². The van der Waals surface area contributed by atoms with Gasteiger partial charge in [0.15, 0.2) is 5.82 Å². The molecular weight excluding hydrogens is 184 g/mol. The second kappa shape index (κ2) is 5.13. The summed E-state index contributed by atoms with van der Waals surface area (Å²) < 4.78 is 0. The number of hydrogen-bond donors (Lipinski definition) is 2. The number of anilines is 1. The van der Waals surface area contributed by atoms with Gasteiger partial charge in [-0.1, -0.05) is 0 Å². The molecule has 0 unspecified atom stereocenters. The molecule has 6 heteroatoms. The first-order valence-electron chi connectivity index (χ1n) is 4.13. The lowest BCUT2D eigenvalue weighted by Crippen LogP contribution is -2.33. The fourth-order valence-corrected chi connectivity index (χ4v) is 0.820. The highest BCUT2D eigenvalue weighted by Crippen LogP contribution is 1.98. The van der Waals surface area contributed by atoms with Crippen LogP contribution < -0.4 is 5.32 Å². The summed E-state index contributed by atoms with van der Waals surface area (Å²) in [4.78, 5) is 20.4. The van der Waals surface area contributed by atoms with E-state index in [9.17, 15) is 4.79 Å². The number of amides is 2. The molecule has 2 N–H and O–H groups in total. The van der Waals surface area contributed by atoms with E-state index < -0.39 is 0 Å². The number of carbonyl (C=O) groups is 1. The Morgan fingerprint density at radius 3 is 3.00 bits per heavy atom. The summed E-state index contributed by atoms with van der Waals surface area (Å²) in [7, 11) is 1.59. The number of urea groups is 1. The molecule has 14 heavy (non-hydrogen) atoms. The predicted octanol–water partition coefficient (Wildman–Crippen LogP) is -0.0674. The Morgan fingerprint density at radius 2 is 2.43 bits per heavy atom. The van der Waals surface area contributed by atoms with Crippen molar-refractivity contribution in [2.45, 2.75) is 0 Å². The molecule has 0 aliphatic rings. The molecule has 76 valence electrons. The number of aliphatic hydroxyl groups is 1. The van der Waals surface area contributed by atoms with Crippen molar-refractivity contribution in [1.29, 1.82) is 0 Å². The minimum absolute atomic E-state index is 0.0651. The number of carbonyl (C=O) groups excluding carboxylic acids is 1. The quantitative estimate of drug-likeness (QED) is 0.709. The van der Waals surface area contributed by atoms with Crippen molar-refractivity contribution < 1.29 is 9.90 Å². The predicted molar refractivity (Wildman–Crippen MR) is 50.8 cm³/mol. The standard InChI is InChI=1S/C8H12N4O2/c1-12(4-5-13)8(14)11-7-6-9-2-3-10-7/h2-3,6,13H,4-5H2,1H3,(H,10,11,14). The molecular formula is C8H12N4O2. The molecule has 0 saturated heterocycles. The fraction of sp³-hybridized carbons (Fsp3) is 0.375. The molecule has 0 aromatic carbocycles. The number of likely N-dealkylation sites (N-methyl/N-ethyl adjacent to an activating group) is 1. The first kappa shape index (κ1) is 10.4. The zero-order valence-corrected chi connectivity index (χ0v) is 7.84. The molecule has 6 nitrogen and oxygen atoms in total. The Morgan fingerprint density at radius 1 is 1.64 bits per heavy atom. The van der Waals surface area contributed by atoms with E-state index in [2.05, 4.69) is 15.3 Å². The van der Waals surface area contributed by atoms with E-state index in [4.69, 9.17) is 5.11 Å². The van der Waals surface area contributed by atoms with Crippen molar-refractivity contribution in [1.82, 2.24) is 14.9 Å². The van der Waals surface area contributed by atoms with Gasteiger partial charge in [0.05, 0.1) is 12.8 Å². The van der Waals surface area contributed by atoms with E-state index in [0.717, 1.165) is 0 Å². The highest BCUT2D eigenvalue weighted by molar-refractivity contribution is 5.87. The molecule has 1 aromatic heterocycles. The van der Waals surface area contributed by atoms with Crippen LogP contribution in [0.1, 0.15) is 0 Å². The first-order valence-corrected chi connectivity index (χ1v) is 4.13. The average molecular weight is 196 g/mol. The molecule has 0 atom stereocenters. The van der Waals surface area contributed by atoms with Gasteiger partial charge in [0.25, 0.3) is 0 Å². The van der Waals surface area contributed by atoms with Gasteiger partial charge in [-0.3, -0.25) is 10.3 Å². The van der Waals surface area contributed by atoms with Crippen LogP contribution in [0.15, 0.2) is 18.6 Å². The van der Waals surface area contributed by atoms with Crippen LogP contribution in [0.25, 0.3) is 0 Å². The van der Waals surface area contributed by atoms with Crippen LogP contribution in [0.3, 0.4) is 0 Å². The lowest BCUT2D eigenvalue weighted by Gasteiger charge is -2.15. The van der Waals surface area contributed by atoms with E-state index in [1.807, 2.05) is 0 Å². The van der Waals surface area contributed by atoms with Crippen LogP contribution in [-0.2, 0) is 0 Å². The van der Waals surface area contributed by atoms with Crippen LogP contribution in [0, 0.1) is 0 Å². The molecule has 0 spiro atoms. The van der Waals surface area contributed by atoms with Gasteiger partial charge in [0.2, 0.25) is 0 Å². The molecule has 0 aliphatic heterocycles. The van der Waals surface area contributed by atoms with Gasteiger partial charge < -0.3 is 10.0 Å². The zero-order chi connectivity index (χ0) is 10.4. The van der Waals surface area contributed by atoms with E-state index in [0.29, 0.717) is 5.82 Å². The van der Waals surface area contributed by atoms with Crippen molar-refractivity contribution in [3.63, 3.8) is 0 Å². The molecule has 2 amide bonds. The minimum atomic E-state index is -0.320. The lowest BCUT2D eigenvalue weighted by atomic mass is 10.6. The highest BCUT2D eigenvalue weighted by Gasteiger charge is 2.07. The number of aliphatic hydroxyl groups excluding tert-OH is 1. The third-order valence-corrected chi connectivity index (χ3v) is 1.58. The van der Waals surface area contributed by atoms with Crippen LogP contribution in [-0.4, -0.2) is 46.2 Å². The molecule has 1 aromatic rings. The molecule has 0 fully saturated rings. The summed E-state index contributed by atoms with van der Waals surface area (Å²) in [5.41, 5.74) is 0. The smallest absolute Gasteiger partial charge is 0.322 e. The van der Waals surface area contributed by atoms with E-state index in [-0.39, 0.29) is 19.2 Å². The van der Waals surface area contributed by atoms with Gasteiger partial charge in [-0.05, 0) is 0 Å². The van der Waals surface area contributed by atoms with Crippen molar-refractivity contribution in [2.75, 3.05) is 25.5 Å². The zero-order valence-electron chi connectivity index (χ0n) is 7.84. The second-order valence-corrected chi connectivity index (χ2v) is 2.67. The third-order valence-electron chi connectivity index (χ3n) is 1.58. The van der Waals surface area contributed by atoms with Crippen LogP contribution in [0.2, 0.25) is 0 Å². The highest BCUT2D eigenvalue weighted by atomic mass is 16.3. The van der Waals surface area contributed by atoms with Crippen molar-refractivity contribution in [3.05, 3.63) is 18.6 Å². The third kappa shape index (κ3) is 2.98. The molecule has 1 heterocycles. The van der Waals surface area contributed by atoms with Crippen molar-refractivity contribution in [2.24, 2.45) is 0 Å². The van der Waals surface area contributed by atoms with Gasteiger partial charge in [0, 0.05) is 26.0 Å². The maximum atomic E-state index is 11.3. The molecule has 0 radical (unpaired) electrons. The fourth-order valence-electron chi connectivity index (χ4n) is 0.820. The average Bonchev–Trinajstić information content (AvgIpc) is 2.19. The Balaban J connectivity index is 2.49. The Kier molecular flexibility index (Phi) is 3.81. The molecule has 1 rings (SSSR count). The van der Waals surface area contributed by atoms with Crippen LogP contribution >= 0.6 is 0 Å². The van der Waals surface area contributed by atoms with E-state index >= 15 is 0 Å². The van der Waals surface area contributed by atoms with Crippen LogP contribution in [0.5, 0.6) is 0 Å². The summed E-state index contributed by atoms with van der Waals surface area (Å²) in [6.45, 7) is 0.219. The normalized spacial score (nSPS) is 9.57. The lowest BCUT2D eigenvalue weighted by molar-refractivity contribution is 0.202. The summed E-state index contributed by atoms with van der Waals surface area (Å²) in [6, 6.07) is -0.320. The van der Waals surface area contributed by atoms with Gasteiger partial charge >= 0.3 is 6.03 Å². The molecule has 0 bridgehead atoms. The summed E-state index contributed by atoms with van der Waals surface area (Å²) in [5.74, 6) is 0.391. The van der Waals surface area contributed by atoms with E-state index in [1.54, 1.807) is 7.05 Å². The van der Waals surface area contributed by atoms with Gasteiger partial charge in [-0.25, -0.2) is 9.78 Å². The summed E-state index contributed by atoms with van der Waals surface area (Å²) in [5, 5.41) is 11.1. The van der Waals surface area contributed by atoms with Gasteiger partial charge in [-0.2, -0.15) is 0 Å². The van der Waals surface area contributed by atoms with Crippen LogP contribution in [0.4, 0.5) is 10.6 Å². The first-order chi connectivity index (χ1) is 6.74. The number of nitrogens with one attached hydrogen (secondary N) is 1. The summed E-state index contributed by atoms with van der Waals surface area (Å²) in [6.07, 6.45) is 4.46. The maximum Gasteiger partial charge on any atom is 0.322 e. The number of aromatic nitrogens is 2. The Bertz CT molecular complexity index is 291. The Hall–Kier alpha value is -1.69. The van der Waals surface area contributed by atoms with Gasteiger partial charge in [-0.15, -0.1) is 0 Å². The van der Waals surface area contributed by atoms with Crippen molar-refractivity contribution in [3.8, 4) is 0 Å². The van der Waals surface area contributed by atoms with E-state index in [1.165, 1.54) is 23.5 Å². The molecule has 0 saturated carbocycles. The topological polar surface area (TPSA) is 78.4 Å². The van der Waals surface area contributed by atoms with Gasteiger partial charge in [0.1, 0.15) is 0 Å². The monoisotopic (exact) mass is 196 g/mol. The number of nitrogens with zero attached hydrogens (tertiary/aromatic N) is 3. The maximum absolute atomic E-state index is 11.3. The van der Waals surface area contributed by atoms with Crippen molar-refractivity contribution >= 4 is 11.8 Å². The largest absolute Gasteiger partial charge is 0.395 e. The number of hydrogen-bond acceptors (Lipinski definition) is 4. The summed E-state index contributed by atoms with van der Waals surface area (Å²) >= 11 is 0. The SMILES string of the molecule is CN(CCO)C(=O)Nc1cnccn1. The minimum Gasteiger partial charge on any atom is -0.395 e.